The molecule has 0 aromatic heterocycles. The van der Waals surface area contributed by atoms with E-state index in [0.717, 1.165) is 5.56 Å². The number of halogens is 3. The number of fused-ring (bicyclic) bond motifs is 1. The minimum Gasteiger partial charge on any atom is -0.203 e. The lowest BCUT2D eigenvalue weighted by Gasteiger charge is -2.07. The third-order valence-electron chi connectivity index (χ3n) is 2.53. The van der Waals surface area contributed by atoms with Crippen molar-refractivity contribution >= 4 is 10.8 Å². The van der Waals surface area contributed by atoms with Crippen molar-refractivity contribution in [3.8, 4) is 0 Å². The topological polar surface area (TPSA) is 0 Å². The molecule has 0 bridgehead atoms. The van der Waals surface area contributed by atoms with E-state index in [1.165, 1.54) is 13.0 Å². The van der Waals surface area contributed by atoms with Crippen LogP contribution in [0.5, 0.6) is 0 Å². The first-order chi connectivity index (χ1) is 7.02. The highest BCUT2D eigenvalue weighted by Gasteiger charge is 2.16. The zero-order valence-electron chi connectivity index (χ0n) is 8.37. The summed E-state index contributed by atoms with van der Waals surface area (Å²) in [5, 5.41) is 0.545. The van der Waals surface area contributed by atoms with Crippen molar-refractivity contribution in [3.05, 3.63) is 46.8 Å². The summed E-state index contributed by atoms with van der Waals surface area (Å²) in [6.07, 6.45) is 0. The molecular formula is C12H9F3. The van der Waals surface area contributed by atoms with Crippen molar-refractivity contribution in [1.82, 2.24) is 0 Å². The van der Waals surface area contributed by atoms with Gasteiger partial charge in [-0.15, -0.1) is 0 Å². The van der Waals surface area contributed by atoms with Crippen molar-refractivity contribution in [2.24, 2.45) is 0 Å². The van der Waals surface area contributed by atoms with Gasteiger partial charge in [-0.25, -0.2) is 13.2 Å². The van der Waals surface area contributed by atoms with Gasteiger partial charge in [0.2, 0.25) is 0 Å². The molecule has 3 heteroatoms. The van der Waals surface area contributed by atoms with E-state index in [0.29, 0.717) is 5.39 Å². The fourth-order valence-corrected chi connectivity index (χ4v) is 1.66. The van der Waals surface area contributed by atoms with Crippen LogP contribution >= 0.6 is 0 Å². The van der Waals surface area contributed by atoms with Crippen LogP contribution in [0, 0.1) is 31.3 Å². The Morgan fingerprint density at radius 1 is 0.800 bits per heavy atom. The fraction of sp³-hybridized carbons (Fsp3) is 0.167. The summed E-state index contributed by atoms with van der Waals surface area (Å²) in [6.45, 7) is 3.26. The van der Waals surface area contributed by atoms with E-state index in [1.807, 2.05) is 6.92 Å². The number of benzene rings is 2. The zero-order valence-corrected chi connectivity index (χ0v) is 8.37. The minimum absolute atomic E-state index is 0.122. The average molecular weight is 210 g/mol. The van der Waals surface area contributed by atoms with Crippen LogP contribution in [0.15, 0.2) is 18.2 Å². The monoisotopic (exact) mass is 210 g/mol. The Kier molecular flexibility index (Phi) is 2.18. The Bertz CT molecular complexity index is 544. The molecule has 0 aliphatic heterocycles. The number of rotatable bonds is 0. The molecule has 0 saturated carbocycles. The van der Waals surface area contributed by atoms with Gasteiger partial charge >= 0.3 is 0 Å². The van der Waals surface area contributed by atoms with E-state index in [9.17, 15) is 13.2 Å². The highest BCUT2D eigenvalue weighted by molar-refractivity contribution is 5.87. The van der Waals surface area contributed by atoms with Crippen molar-refractivity contribution < 1.29 is 13.2 Å². The molecule has 0 atom stereocenters. The van der Waals surface area contributed by atoms with Crippen LogP contribution in [0.4, 0.5) is 13.2 Å². The van der Waals surface area contributed by atoms with Crippen LogP contribution in [0.3, 0.4) is 0 Å². The smallest absolute Gasteiger partial charge is 0.195 e. The van der Waals surface area contributed by atoms with Crippen LogP contribution < -0.4 is 0 Å². The summed E-state index contributed by atoms with van der Waals surface area (Å²) in [5.74, 6) is -3.62. The number of hydrogen-bond donors (Lipinski definition) is 0. The molecule has 0 amide bonds. The molecule has 0 nitrogen and oxygen atoms in total. The SMILES string of the molecule is Cc1ccc2c(F)c(F)c(F)c(C)c2c1. The first-order valence-electron chi connectivity index (χ1n) is 4.55. The van der Waals surface area contributed by atoms with Crippen LogP contribution in [-0.4, -0.2) is 0 Å². The van der Waals surface area contributed by atoms with Gasteiger partial charge in [0.1, 0.15) is 0 Å². The lowest BCUT2D eigenvalue weighted by molar-refractivity contribution is 0.450. The summed E-state index contributed by atoms with van der Waals surface area (Å²) in [4.78, 5) is 0. The van der Waals surface area contributed by atoms with Crippen molar-refractivity contribution in [3.63, 3.8) is 0 Å². The van der Waals surface area contributed by atoms with Crippen LogP contribution in [0.1, 0.15) is 11.1 Å². The lowest BCUT2D eigenvalue weighted by atomic mass is 10.0. The lowest BCUT2D eigenvalue weighted by Crippen LogP contribution is -1.97. The molecular weight excluding hydrogens is 201 g/mol. The van der Waals surface area contributed by atoms with E-state index >= 15 is 0 Å². The molecule has 0 unspecified atom stereocenters. The highest BCUT2D eigenvalue weighted by Crippen LogP contribution is 2.27. The van der Waals surface area contributed by atoms with E-state index in [-0.39, 0.29) is 10.9 Å². The van der Waals surface area contributed by atoms with Crippen LogP contribution in [0.2, 0.25) is 0 Å². The number of aryl methyl sites for hydroxylation is 2. The maximum absolute atomic E-state index is 13.4. The van der Waals surface area contributed by atoms with Gasteiger partial charge in [0.25, 0.3) is 0 Å². The maximum Gasteiger partial charge on any atom is 0.195 e. The predicted octanol–water partition coefficient (Wildman–Crippen LogP) is 3.87. The molecule has 2 aromatic rings. The summed E-state index contributed by atoms with van der Waals surface area (Å²) in [5.41, 5.74) is 1.03. The molecule has 2 aromatic carbocycles. The van der Waals surface area contributed by atoms with Gasteiger partial charge in [-0.05, 0) is 24.8 Å². The van der Waals surface area contributed by atoms with Crippen molar-refractivity contribution in [2.75, 3.05) is 0 Å². The first kappa shape index (κ1) is 10.0. The van der Waals surface area contributed by atoms with Gasteiger partial charge in [0.15, 0.2) is 17.5 Å². The summed E-state index contributed by atoms with van der Waals surface area (Å²) >= 11 is 0. The third-order valence-corrected chi connectivity index (χ3v) is 2.53. The van der Waals surface area contributed by atoms with E-state index < -0.39 is 17.5 Å². The molecule has 0 radical (unpaired) electrons. The molecule has 15 heavy (non-hydrogen) atoms. The molecule has 0 N–H and O–H groups in total. The molecule has 78 valence electrons. The molecule has 0 fully saturated rings. The summed E-state index contributed by atoms with van der Waals surface area (Å²) in [7, 11) is 0. The Morgan fingerprint density at radius 2 is 1.47 bits per heavy atom. The van der Waals surface area contributed by atoms with Crippen LogP contribution in [0.25, 0.3) is 10.8 Å². The Balaban J connectivity index is 3.00. The van der Waals surface area contributed by atoms with E-state index in [4.69, 9.17) is 0 Å². The van der Waals surface area contributed by atoms with Gasteiger partial charge in [-0.2, -0.15) is 0 Å². The molecule has 2 rings (SSSR count). The standard InChI is InChI=1S/C12H9F3/c1-6-3-4-8-9(5-6)7(2)10(13)12(15)11(8)14/h3-5H,1-2H3. The molecule has 0 heterocycles. The van der Waals surface area contributed by atoms with Gasteiger partial charge < -0.3 is 0 Å². The second kappa shape index (κ2) is 3.26. The van der Waals surface area contributed by atoms with Crippen molar-refractivity contribution in [1.29, 1.82) is 0 Å². The third kappa shape index (κ3) is 1.39. The van der Waals surface area contributed by atoms with Crippen LogP contribution in [-0.2, 0) is 0 Å². The Morgan fingerprint density at radius 3 is 2.13 bits per heavy atom. The molecule has 0 aliphatic rings. The van der Waals surface area contributed by atoms with Gasteiger partial charge in [-0.1, -0.05) is 23.8 Å². The van der Waals surface area contributed by atoms with E-state index in [1.54, 1.807) is 12.1 Å². The second-order valence-electron chi connectivity index (χ2n) is 3.62. The summed E-state index contributed by atoms with van der Waals surface area (Å²) in [6, 6.07) is 4.79. The van der Waals surface area contributed by atoms with Gasteiger partial charge in [-0.3, -0.25) is 0 Å². The van der Waals surface area contributed by atoms with Crippen molar-refractivity contribution in [2.45, 2.75) is 13.8 Å². The quantitative estimate of drug-likeness (QED) is 0.579. The predicted molar refractivity (Wildman–Crippen MR) is 53.3 cm³/mol. The summed E-state index contributed by atoms with van der Waals surface area (Å²) < 4.78 is 39.7. The van der Waals surface area contributed by atoms with Gasteiger partial charge in [0, 0.05) is 5.39 Å². The van der Waals surface area contributed by atoms with E-state index in [2.05, 4.69) is 0 Å². The minimum atomic E-state index is -1.40. The average Bonchev–Trinajstić information content (AvgIpc) is 2.23. The Hall–Kier alpha value is -1.51. The zero-order chi connectivity index (χ0) is 11.2. The molecule has 0 saturated heterocycles. The highest BCUT2D eigenvalue weighted by atomic mass is 19.2. The molecule has 0 spiro atoms. The largest absolute Gasteiger partial charge is 0.203 e. The maximum atomic E-state index is 13.4. The normalized spacial score (nSPS) is 11.0. The first-order valence-corrected chi connectivity index (χ1v) is 4.55. The van der Waals surface area contributed by atoms with Gasteiger partial charge in [0.05, 0.1) is 0 Å². The Labute approximate surface area is 85.3 Å². The number of hydrogen-bond acceptors (Lipinski definition) is 0. The molecule has 0 aliphatic carbocycles. The second-order valence-corrected chi connectivity index (χ2v) is 3.62. The fourth-order valence-electron chi connectivity index (χ4n) is 1.66.